The number of nitrogens with one attached hydrogen (secondary N) is 1. The van der Waals surface area contributed by atoms with E-state index in [1.807, 2.05) is 0 Å². The van der Waals surface area contributed by atoms with Gasteiger partial charge in [-0.05, 0) is 31.2 Å². The van der Waals surface area contributed by atoms with E-state index in [4.69, 9.17) is 4.74 Å². The molecule has 1 aliphatic rings. The molecule has 1 unspecified atom stereocenters. The molecule has 0 radical (unpaired) electrons. The number of hydrogen-bond donors (Lipinski definition) is 1. The fraction of sp³-hybridized carbons (Fsp3) is 1.00. The van der Waals surface area contributed by atoms with Gasteiger partial charge in [-0.15, -0.1) is 0 Å². The van der Waals surface area contributed by atoms with Gasteiger partial charge in [0, 0.05) is 18.6 Å². The second-order valence-corrected chi connectivity index (χ2v) is 6.06. The van der Waals surface area contributed by atoms with Crippen molar-refractivity contribution >= 4 is 0 Å². The van der Waals surface area contributed by atoms with Gasteiger partial charge in [0.2, 0.25) is 0 Å². The van der Waals surface area contributed by atoms with Gasteiger partial charge in [-0.1, -0.05) is 40.5 Å². The molecule has 0 aliphatic carbocycles. The number of rotatable bonds is 7. The second kappa shape index (κ2) is 7.38. The van der Waals surface area contributed by atoms with Gasteiger partial charge in [0.15, 0.2) is 0 Å². The molecule has 1 rings (SSSR count). The van der Waals surface area contributed by atoms with Crippen LogP contribution < -0.4 is 5.32 Å². The Bertz CT molecular complexity index is 193. The van der Waals surface area contributed by atoms with Crippen molar-refractivity contribution in [1.82, 2.24) is 5.32 Å². The van der Waals surface area contributed by atoms with Crippen LogP contribution in [0.2, 0.25) is 0 Å². The van der Waals surface area contributed by atoms with Crippen molar-refractivity contribution < 1.29 is 4.74 Å². The van der Waals surface area contributed by atoms with Crippen LogP contribution in [0.4, 0.5) is 0 Å². The summed E-state index contributed by atoms with van der Waals surface area (Å²) in [6.07, 6.45) is 5.14. The maximum Gasteiger partial charge on any atom is 0.0537 e. The molecular formula is C15H31NO. The third-order valence-corrected chi connectivity index (χ3v) is 4.23. The maximum absolute atomic E-state index is 5.79. The molecule has 1 fully saturated rings. The standard InChI is InChI=1S/C15H31NO/c1-5-14(6-2)15(8-7-9-17-12-15)11-16-10-13(3)4/h13-14,16H,5-12H2,1-4H3. The first-order valence-electron chi connectivity index (χ1n) is 7.43. The van der Waals surface area contributed by atoms with E-state index in [0.717, 1.165) is 38.1 Å². The third-order valence-electron chi connectivity index (χ3n) is 4.23. The van der Waals surface area contributed by atoms with Crippen LogP contribution >= 0.6 is 0 Å². The first-order valence-corrected chi connectivity index (χ1v) is 7.43. The molecule has 0 spiro atoms. The van der Waals surface area contributed by atoms with Crippen molar-refractivity contribution in [2.75, 3.05) is 26.3 Å². The smallest absolute Gasteiger partial charge is 0.0537 e. The molecule has 2 heteroatoms. The fourth-order valence-electron chi connectivity index (χ4n) is 3.24. The van der Waals surface area contributed by atoms with Crippen molar-refractivity contribution in [1.29, 1.82) is 0 Å². The van der Waals surface area contributed by atoms with Gasteiger partial charge in [-0.25, -0.2) is 0 Å². The van der Waals surface area contributed by atoms with Gasteiger partial charge < -0.3 is 10.1 Å². The minimum Gasteiger partial charge on any atom is -0.381 e. The zero-order valence-corrected chi connectivity index (χ0v) is 12.2. The topological polar surface area (TPSA) is 21.3 Å². The first kappa shape index (κ1) is 15.0. The summed E-state index contributed by atoms with van der Waals surface area (Å²) < 4.78 is 5.79. The van der Waals surface area contributed by atoms with E-state index < -0.39 is 0 Å². The van der Waals surface area contributed by atoms with E-state index in [9.17, 15) is 0 Å². The molecule has 0 amide bonds. The van der Waals surface area contributed by atoms with Crippen LogP contribution in [0.5, 0.6) is 0 Å². The Morgan fingerprint density at radius 1 is 1.24 bits per heavy atom. The summed E-state index contributed by atoms with van der Waals surface area (Å²) in [5, 5.41) is 3.66. The van der Waals surface area contributed by atoms with Crippen LogP contribution in [0.1, 0.15) is 53.4 Å². The minimum atomic E-state index is 0.399. The average molecular weight is 241 g/mol. The SMILES string of the molecule is CCC(CC)C1(CNCC(C)C)CCCOC1. The highest BCUT2D eigenvalue weighted by Gasteiger charge is 2.38. The van der Waals surface area contributed by atoms with Crippen molar-refractivity contribution in [3.63, 3.8) is 0 Å². The second-order valence-electron chi connectivity index (χ2n) is 6.06. The lowest BCUT2D eigenvalue weighted by Gasteiger charge is -2.43. The lowest BCUT2D eigenvalue weighted by atomic mass is 9.69. The lowest BCUT2D eigenvalue weighted by molar-refractivity contribution is -0.0442. The van der Waals surface area contributed by atoms with Crippen molar-refractivity contribution in [3.05, 3.63) is 0 Å². The Morgan fingerprint density at radius 3 is 2.41 bits per heavy atom. The zero-order valence-electron chi connectivity index (χ0n) is 12.2. The molecule has 1 heterocycles. The van der Waals surface area contributed by atoms with Crippen LogP contribution in [0.3, 0.4) is 0 Å². The van der Waals surface area contributed by atoms with Gasteiger partial charge in [0.1, 0.15) is 0 Å². The largest absolute Gasteiger partial charge is 0.381 e. The summed E-state index contributed by atoms with van der Waals surface area (Å²) in [6.45, 7) is 13.4. The molecule has 0 aromatic heterocycles. The maximum atomic E-state index is 5.79. The van der Waals surface area contributed by atoms with Gasteiger partial charge in [-0.3, -0.25) is 0 Å². The van der Waals surface area contributed by atoms with Crippen LogP contribution in [0, 0.1) is 17.3 Å². The predicted octanol–water partition coefficient (Wildman–Crippen LogP) is 3.47. The molecule has 102 valence electrons. The molecule has 0 aromatic rings. The zero-order chi connectivity index (χ0) is 12.7. The highest BCUT2D eigenvalue weighted by molar-refractivity contribution is 4.89. The molecule has 1 N–H and O–H groups in total. The summed E-state index contributed by atoms with van der Waals surface area (Å²) in [6, 6.07) is 0. The summed E-state index contributed by atoms with van der Waals surface area (Å²) >= 11 is 0. The molecule has 0 saturated carbocycles. The Hall–Kier alpha value is -0.0800. The van der Waals surface area contributed by atoms with Gasteiger partial charge in [0.25, 0.3) is 0 Å². The Labute approximate surface area is 108 Å². The summed E-state index contributed by atoms with van der Waals surface area (Å²) in [4.78, 5) is 0. The highest BCUT2D eigenvalue weighted by atomic mass is 16.5. The van der Waals surface area contributed by atoms with E-state index in [1.54, 1.807) is 0 Å². The molecule has 0 aromatic carbocycles. The monoisotopic (exact) mass is 241 g/mol. The first-order chi connectivity index (χ1) is 8.14. The van der Waals surface area contributed by atoms with Gasteiger partial charge in [0.05, 0.1) is 6.61 Å². The minimum absolute atomic E-state index is 0.399. The molecular weight excluding hydrogens is 210 g/mol. The molecule has 1 atom stereocenters. The summed E-state index contributed by atoms with van der Waals surface area (Å²) in [5.41, 5.74) is 0.399. The van der Waals surface area contributed by atoms with E-state index in [1.165, 1.54) is 25.7 Å². The van der Waals surface area contributed by atoms with E-state index in [-0.39, 0.29) is 0 Å². The summed E-state index contributed by atoms with van der Waals surface area (Å²) in [7, 11) is 0. The number of hydrogen-bond acceptors (Lipinski definition) is 2. The fourth-order valence-corrected chi connectivity index (χ4v) is 3.24. The molecule has 2 nitrogen and oxygen atoms in total. The quantitative estimate of drug-likeness (QED) is 0.737. The third kappa shape index (κ3) is 4.26. The van der Waals surface area contributed by atoms with Crippen LogP contribution in [-0.2, 0) is 4.74 Å². The number of ether oxygens (including phenoxy) is 1. The van der Waals surface area contributed by atoms with Gasteiger partial charge in [-0.2, -0.15) is 0 Å². The van der Waals surface area contributed by atoms with Crippen molar-refractivity contribution in [2.24, 2.45) is 17.3 Å². The molecule has 1 aliphatic heterocycles. The van der Waals surface area contributed by atoms with E-state index >= 15 is 0 Å². The van der Waals surface area contributed by atoms with E-state index in [0.29, 0.717) is 5.41 Å². The average Bonchev–Trinajstić information content (AvgIpc) is 2.31. The van der Waals surface area contributed by atoms with E-state index in [2.05, 4.69) is 33.0 Å². The molecule has 17 heavy (non-hydrogen) atoms. The van der Waals surface area contributed by atoms with Crippen molar-refractivity contribution in [2.45, 2.75) is 53.4 Å². The van der Waals surface area contributed by atoms with Crippen molar-refractivity contribution in [3.8, 4) is 0 Å². The highest BCUT2D eigenvalue weighted by Crippen LogP contribution is 2.39. The molecule has 1 saturated heterocycles. The Morgan fingerprint density at radius 2 is 1.94 bits per heavy atom. The molecule has 0 bridgehead atoms. The van der Waals surface area contributed by atoms with Crippen LogP contribution in [0.15, 0.2) is 0 Å². The Balaban J connectivity index is 2.57. The summed E-state index contributed by atoms with van der Waals surface area (Å²) in [5.74, 6) is 1.54. The normalized spacial score (nSPS) is 25.8. The van der Waals surface area contributed by atoms with Crippen LogP contribution in [-0.4, -0.2) is 26.3 Å². The van der Waals surface area contributed by atoms with Crippen LogP contribution in [0.25, 0.3) is 0 Å². The Kier molecular flexibility index (Phi) is 6.50. The van der Waals surface area contributed by atoms with Gasteiger partial charge >= 0.3 is 0 Å². The predicted molar refractivity (Wildman–Crippen MR) is 74.3 cm³/mol. The lowest BCUT2D eigenvalue weighted by Crippen LogP contribution is -2.46.